The lowest BCUT2D eigenvalue weighted by atomic mass is 9.68. The molecule has 0 N–H and O–H groups in total. The number of hydrogen-bond donors (Lipinski definition) is 0. The molecule has 3 aromatic rings. The van der Waals surface area contributed by atoms with Gasteiger partial charge >= 0.3 is 0 Å². The molecule has 4 unspecified atom stereocenters. The number of benzene rings is 3. The molecule has 0 aromatic heterocycles. The molecule has 4 atom stereocenters. The molecule has 3 fully saturated rings. The van der Waals surface area contributed by atoms with E-state index in [2.05, 4.69) is 102 Å². The molecule has 2 bridgehead atoms. The molecule has 0 saturated heterocycles. The lowest BCUT2D eigenvalue weighted by Crippen LogP contribution is -2.27. The summed E-state index contributed by atoms with van der Waals surface area (Å²) in [5, 5.41) is 0. The topological polar surface area (TPSA) is 0 Å². The number of rotatable bonds is 7. The zero-order chi connectivity index (χ0) is 28.7. The predicted molar refractivity (Wildman–Crippen MR) is 176 cm³/mol. The van der Waals surface area contributed by atoms with Gasteiger partial charge in [0.15, 0.2) is 0 Å². The minimum Gasteiger partial charge on any atom is -0.0622 e. The van der Waals surface area contributed by atoms with Crippen LogP contribution in [0.5, 0.6) is 0 Å². The van der Waals surface area contributed by atoms with Crippen LogP contribution in [0.15, 0.2) is 60.7 Å². The SMILES string of the molecule is CCc1cc(C2CCC(C3CC4CC3CC4C)CC2)ccc1Cc1ccc(C)c(Cc2ccccc2C(C)(C)C)c1. The molecule has 0 spiro atoms. The average molecular weight is 547 g/mol. The molecule has 0 amide bonds. The maximum absolute atomic E-state index is 2.59. The Labute approximate surface area is 251 Å². The minimum absolute atomic E-state index is 0.161. The summed E-state index contributed by atoms with van der Waals surface area (Å²) in [4.78, 5) is 0. The van der Waals surface area contributed by atoms with Crippen LogP contribution in [0.1, 0.15) is 130 Å². The second-order valence-corrected chi connectivity index (χ2v) is 15.4. The van der Waals surface area contributed by atoms with E-state index in [1.54, 1.807) is 24.0 Å². The standard InChI is InChI=1S/C41H54/c1-7-30-23-34(31-14-16-32(17-15-31)39-26-37-25-38(39)20-28(37)3)19-18-33(30)21-29-13-12-27(2)36(22-29)24-35-10-8-9-11-40(35)41(4,5)6/h8-13,18-19,22-23,28,31-32,37-39H,7,14-17,20-21,24-26H2,1-6H3. The van der Waals surface area contributed by atoms with E-state index >= 15 is 0 Å². The smallest absolute Gasteiger partial charge is 0.00201 e. The van der Waals surface area contributed by atoms with Gasteiger partial charge in [-0.1, -0.05) is 95.3 Å². The molecule has 6 rings (SSSR count). The normalized spacial score (nSPS) is 27.9. The van der Waals surface area contributed by atoms with Gasteiger partial charge in [0.25, 0.3) is 0 Å². The van der Waals surface area contributed by atoms with Crippen molar-refractivity contribution in [3.63, 3.8) is 0 Å². The van der Waals surface area contributed by atoms with Crippen molar-refractivity contribution in [1.82, 2.24) is 0 Å². The van der Waals surface area contributed by atoms with Crippen LogP contribution in [-0.4, -0.2) is 0 Å². The zero-order valence-corrected chi connectivity index (χ0v) is 26.8. The van der Waals surface area contributed by atoms with Crippen LogP contribution in [-0.2, 0) is 24.7 Å². The second-order valence-electron chi connectivity index (χ2n) is 15.4. The van der Waals surface area contributed by atoms with Crippen LogP contribution < -0.4 is 0 Å². The third-order valence-corrected chi connectivity index (χ3v) is 11.7. The van der Waals surface area contributed by atoms with E-state index in [-0.39, 0.29) is 5.41 Å². The molecule has 0 heteroatoms. The molecule has 0 heterocycles. The number of hydrogen-bond acceptors (Lipinski definition) is 0. The lowest BCUT2D eigenvalue weighted by molar-refractivity contribution is 0.152. The van der Waals surface area contributed by atoms with Gasteiger partial charge in [0.1, 0.15) is 0 Å². The molecule has 0 nitrogen and oxygen atoms in total. The maximum Gasteiger partial charge on any atom is -0.00201 e. The summed E-state index contributed by atoms with van der Waals surface area (Å²) in [6.07, 6.45) is 13.6. The summed E-state index contributed by atoms with van der Waals surface area (Å²) in [5.41, 5.74) is 12.1. The summed E-state index contributed by atoms with van der Waals surface area (Å²) >= 11 is 0. The fraction of sp³-hybridized carbons (Fsp3) is 0.561. The highest BCUT2D eigenvalue weighted by Crippen LogP contribution is 2.56. The summed E-state index contributed by atoms with van der Waals surface area (Å²) in [5.74, 6) is 5.99. The monoisotopic (exact) mass is 546 g/mol. The van der Waals surface area contributed by atoms with E-state index < -0.39 is 0 Å². The van der Waals surface area contributed by atoms with Crippen molar-refractivity contribution in [2.75, 3.05) is 0 Å². The van der Waals surface area contributed by atoms with Crippen molar-refractivity contribution in [2.45, 2.75) is 117 Å². The summed E-state index contributed by atoms with van der Waals surface area (Å²) in [7, 11) is 0. The van der Waals surface area contributed by atoms with Gasteiger partial charge in [-0.05, 0) is 157 Å². The third-order valence-electron chi connectivity index (χ3n) is 11.7. The van der Waals surface area contributed by atoms with Crippen LogP contribution in [0, 0.1) is 36.5 Å². The first-order valence-corrected chi connectivity index (χ1v) is 17.0. The van der Waals surface area contributed by atoms with Crippen molar-refractivity contribution in [3.8, 4) is 0 Å². The molecule has 3 aliphatic rings. The summed E-state index contributed by atoms with van der Waals surface area (Å²) in [6.45, 7) is 14.1. The van der Waals surface area contributed by atoms with Crippen LogP contribution in [0.2, 0.25) is 0 Å². The van der Waals surface area contributed by atoms with Gasteiger partial charge in [-0.2, -0.15) is 0 Å². The van der Waals surface area contributed by atoms with E-state index in [1.807, 2.05) is 0 Å². The molecule has 3 saturated carbocycles. The van der Waals surface area contributed by atoms with Gasteiger partial charge in [-0.15, -0.1) is 0 Å². The highest BCUT2D eigenvalue weighted by Gasteiger charge is 2.46. The molecule has 218 valence electrons. The first-order chi connectivity index (χ1) is 19.7. The maximum atomic E-state index is 2.59. The lowest BCUT2D eigenvalue weighted by Gasteiger charge is -2.37. The highest BCUT2D eigenvalue weighted by atomic mass is 14.5. The first-order valence-electron chi connectivity index (χ1n) is 17.0. The van der Waals surface area contributed by atoms with Gasteiger partial charge in [0.2, 0.25) is 0 Å². The van der Waals surface area contributed by atoms with Crippen LogP contribution in [0.4, 0.5) is 0 Å². The molecule has 3 aliphatic carbocycles. The Kier molecular flexibility index (Phi) is 8.24. The van der Waals surface area contributed by atoms with Gasteiger partial charge < -0.3 is 0 Å². The van der Waals surface area contributed by atoms with Gasteiger partial charge in [-0.3, -0.25) is 0 Å². The van der Waals surface area contributed by atoms with Crippen molar-refractivity contribution in [2.24, 2.45) is 29.6 Å². The molecule has 3 aromatic carbocycles. The van der Waals surface area contributed by atoms with Gasteiger partial charge in [-0.25, -0.2) is 0 Å². The van der Waals surface area contributed by atoms with Crippen molar-refractivity contribution >= 4 is 0 Å². The second kappa shape index (κ2) is 11.7. The molecule has 0 aliphatic heterocycles. The van der Waals surface area contributed by atoms with E-state index in [0.29, 0.717) is 0 Å². The predicted octanol–water partition coefficient (Wildman–Crippen LogP) is 11.0. The van der Waals surface area contributed by atoms with Crippen molar-refractivity contribution in [3.05, 3.63) is 105 Å². The fourth-order valence-electron chi connectivity index (χ4n) is 9.32. The first kappa shape index (κ1) is 28.8. The van der Waals surface area contributed by atoms with Gasteiger partial charge in [0.05, 0.1) is 0 Å². The van der Waals surface area contributed by atoms with Crippen molar-refractivity contribution < 1.29 is 0 Å². The highest BCUT2D eigenvalue weighted by molar-refractivity contribution is 5.43. The average Bonchev–Trinajstić information content (AvgIpc) is 3.55. The van der Waals surface area contributed by atoms with Crippen LogP contribution in [0.25, 0.3) is 0 Å². The Morgan fingerprint density at radius 1 is 0.683 bits per heavy atom. The minimum atomic E-state index is 0.161. The van der Waals surface area contributed by atoms with E-state index in [1.165, 1.54) is 65.5 Å². The summed E-state index contributed by atoms with van der Waals surface area (Å²) < 4.78 is 0. The van der Waals surface area contributed by atoms with Gasteiger partial charge in [0, 0.05) is 0 Å². The van der Waals surface area contributed by atoms with E-state index in [9.17, 15) is 0 Å². The summed E-state index contributed by atoms with van der Waals surface area (Å²) in [6, 6.07) is 23.8. The Morgan fingerprint density at radius 3 is 2.15 bits per heavy atom. The van der Waals surface area contributed by atoms with E-state index in [0.717, 1.165) is 54.8 Å². The Balaban J connectivity index is 1.13. The quantitative estimate of drug-likeness (QED) is 0.276. The van der Waals surface area contributed by atoms with Crippen LogP contribution in [0.3, 0.4) is 0 Å². The zero-order valence-electron chi connectivity index (χ0n) is 26.8. The van der Waals surface area contributed by atoms with Crippen LogP contribution >= 0.6 is 0 Å². The Hall–Kier alpha value is -2.34. The molecular formula is C41H54. The largest absolute Gasteiger partial charge is 0.0622 e. The third kappa shape index (κ3) is 6.09. The Bertz CT molecular complexity index is 1340. The fourth-order valence-corrected chi connectivity index (χ4v) is 9.32. The number of aryl methyl sites for hydroxylation is 2. The van der Waals surface area contributed by atoms with E-state index in [4.69, 9.17) is 0 Å². The van der Waals surface area contributed by atoms with Crippen molar-refractivity contribution in [1.29, 1.82) is 0 Å². The molecule has 41 heavy (non-hydrogen) atoms. The molecule has 0 radical (unpaired) electrons. The molecular weight excluding hydrogens is 492 g/mol. The number of fused-ring (bicyclic) bond motifs is 2. The Morgan fingerprint density at radius 2 is 1.46 bits per heavy atom.